The zero-order valence-electron chi connectivity index (χ0n) is 14.2. The lowest BCUT2D eigenvalue weighted by Gasteiger charge is -2.38. The third-order valence-corrected chi connectivity index (χ3v) is 5.72. The molecule has 1 aliphatic carbocycles. The molecule has 3 rings (SSSR count). The molecule has 0 bridgehead atoms. The minimum Gasteiger partial charge on any atom is -0.481 e. The van der Waals surface area contributed by atoms with Crippen LogP contribution in [0, 0.1) is 17.8 Å². The number of carboxylic acids is 1. The lowest BCUT2D eigenvalue weighted by molar-refractivity contribution is -0.144. The third-order valence-electron chi connectivity index (χ3n) is 5.72. The Morgan fingerprint density at radius 3 is 2.48 bits per heavy atom. The number of rotatable bonds is 4. The summed E-state index contributed by atoms with van der Waals surface area (Å²) < 4.78 is 0. The maximum absolute atomic E-state index is 11.3. The summed E-state index contributed by atoms with van der Waals surface area (Å²) in [6, 6.07) is 10.9. The van der Waals surface area contributed by atoms with Gasteiger partial charge in [0.05, 0.1) is 5.92 Å². The molecule has 0 spiro atoms. The number of hydrogen-bond acceptors (Lipinski definition) is 2. The Morgan fingerprint density at radius 2 is 1.83 bits per heavy atom. The fourth-order valence-corrected chi connectivity index (χ4v) is 4.56. The molecule has 0 aromatic heterocycles. The number of carboxylic acid groups (broad SMARTS) is 1. The zero-order valence-corrected chi connectivity index (χ0v) is 14.2. The van der Waals surface area contributed by atoms with Crippen LogP contribution in [0.1, 0.15) is 50.5 Å². The molecular weight excluding hydrogens is 286 g/mol. The highest BCUT2D eigenvalue weighted by molar-refractivity contribution is 5.70. The second-order valence-electron chi connectivity index (χ2n) is 7.72. The molecule has 1 N–H and O–H groups in total. The summed E-state index contributed by atoms with van der Waals surface area (Å²) in [6.45, 7) is 5.10. The highest BCUT2D eigenvalue weighted by atomic mass is 16.4. The molecule has 1 saturated heterocycles. The summed E-state index contributed by atoms with van der Waals surface area (Å²) in [5.74, 6) is 1.19. The molecule has 1 saturated carbocycles. The van der Waals surface area contributed by atoms with E-state index in [9.17, 15) is 9.90 Å². The molecule has 1 heterocycles. The Balaban J connectivity index is 1.49. The van der Waals surface area contributed by atoms with Crippen LogP contribution in [0.5, 0.6) is 0 Å². The minimum atomic E-state index is -0.616. The first kappa shape index (κ1) is 16.5. The van der Waals surface area contributed by atoms with Crippen LogP contribution in [0.15, 0.2) is 30.3 Å². The first-order valence-corrected chi connectivity index (χ1v) is 9.12. The third kappa shape index (κ3) is 4.35. The van der Waals surface area contributed by atoms with E-state index >= 15 is 0 Å². The van der Waals surface area contributed by atoms with Gasteiger partial charge in [0.25, 0.3) is 0 Å². The van der Waals surface area contributed by atoms with Crippen LogP contribution in [-0.4, -0.2) is 35.6 Å². The van der Waals surface area contributed by atoms with Crippen molar-refractivity contribution in [2.24, 2.45) is 17.8 Å². The SMILES string of the molecule is CC1CC(C(=O)O)CN(CC2CCC(c3ccccc3)CC2)C1. The fourth-order valence-electron chi connectivity index (χ4n) is 4.56. The van der Waals surface area contributed by atoms with Crippen LogP contribution >= 0.6 is 0 Å². The molecule has 1 aromatic rings. The second-order valence-corrected chi connectivity index (χ2v) is 7.72. The predicted molar refractivity (Wildman–Crippen MR) is 92.5 cm³/mol. The monoisotopic (exact) mass is 315 g/mol. The van der Waals surface area contributed by atoms with Gasteiger partial charge in [-0.3, -0.25) is 4.79 Å². The van der Waals surface area contributed by atoms with E-state index < -0.39 is 5.97 Å². The van der Waals surface area contributed by atoms with E-state index in [1.54, 1.807) is 0 Å². The van der Waals surface area contributed by atoms with E-state index in [4.69, 9.17) is 0 Å². The van der Waals surface area contributed by atoms with Gasteiger partial charge in [0.15, 0.2) is 0 Å². The summed E-state index contributed by atoms with van der Waals surface area (Å²) >= 11 is 0. The quantitative estimate of drug-likeness (QED) is 0.913. The second kappa shape index (κ2) is 7.48. The average molecular weight is 315 g/mol. The van der Waals surface area contributed by atoms with Gasteiger partial charge < -0.3 is 10.0 Å². The molecule has 3 heteroatoms. The maximum atomic E-state index is 11.3. The molecule has 2 unspecified atom stereocenters. The Labute approximate surface area is 139 Å². The average Bonchev–Trinajstić information content (AvgIpc) is 2.56. The van der Waals surface area contributed by atoms with Gasteiger partial charge in [0, 0.05) is 19.6 Å². The number of benzene rings is 1. The van der Waals surface area contributed by atoms with Gasteiger partial charge in [-0.1, -0.05) is 37.3 Å². The van der Waals surface area contributed by atoms with E-state index in [-0.39, 0.29) is 5.92 Å². The number of aliphatic carboxylic acids is 1. The molecule has 1 aromatic carbocycles. The van der Waals surface area contributed by atoms with Crippen LogP contribution < -0.4 is 0 Å². The van der Waals surface area contributed by atoms with E-state index in [2.05, 4.69) is 42.2 Å². The van der Waals surface area contributed by atoms with Crippen molar-refractivity contribution in [1.29, 1.82) is 0 Å². The van der Waals surface area contributed by atoms with Crippen molar-refractivity contribution in [3.63, 3.8) is 0 Å². The molecule has 1 aliphatic heterocycles. The molecule has 0 amide bonds. The first-order chi connectivity index (χ1) is 11.1. The van der Waals surface area contributed by atoms with Gasteiger partial charge in [0.2, 0.25) is 0 Å². The van der Waals surface area contributed by atoms with Gasteiger partial charge in [-0.05, 0) is 55.4 Å². The van der Waals surface area contributed by atoms with Crippen LogP contribution in [0.3, 0.4) is 0 Å². The Kier molecular flexibility index (Phi) is 5.37. The van der Waals surface area contributed by atoms with E-state index in [0.717, 1.165) is 37.9 Å². The Morgan fingerprint density at radius 1 is 1.13 bits per heavy atom. The van der Waals surface area contributed by atoms with Crippen molar-refractivity contribution in [2.75, 3.05) is 19.6 Å². The summed E-state index contributed by atoms with van der Waals surface area (Å²) in [5, 5.41) is 9.31. The van der Waals surface area contributed by atoms with E-state index in [1.165, 1.54) is 31.2 Å². The topological polar surface area (TPSA) is 40.5 Å². The van der Waals surface area contributed by atoms with Crippen molar-refractivity contribution in [3.05, 3.63) is 35.9 Å². The molecule has 23 heavy (non-hydrogen) atoms. The van der Waals surface area contributed by atoms with Crippen molar-refractivity contribution in [1.82, 2.24) is 4.90 Å². The van der Waals surface area contributed by atoms with Gasteiger partial charge in [-0.2, -0.15) is 0 Å². The number of likely N-dealkylation sites (tertiary alicyclic amines) is 1. The summed E-state index contributed by atoms with van der Waals surface area (Å²) in [6.07, 6.45) is 5.96. The first-order valence-electron chi connectivity index (χ1n) is 9.12. The normalized spacial score (nSPS) is 32.6. The van der Waals surface area contributed by atoms with Gasteiger partial charge in [0.1, 0.15) is 0 Å². The summed E-state index contributed by atoms with van der Waals surface area (Å²) in [4.78, 5) is 13.7. The molecule has 126 valence electrons. The number of carbonyl (C=O) groups is 1. The highest BCUT2D eigenvalue weighted by Gasteiger charge is 2.31. The van der Waals surface area contributed by atoms with Crippen LogP contribution in [-0.2, 0) is 4.79 Å². The molecule has 2 atom stereocenters. The molecule has 0 radical (unpaired) electrons. The highest BCUT2D eigenvalue weighted by Crippen LogP contribution is 2.36. The van der Waals surface area contributed by atoms with Gasteiger partial charge in [-0.15, -0.1) is 0 Å². The molecule has 3 nitrogen and oxygen atoms in total. The maximum Gasteiger partial charge on any atom is 0.307 e. The number of piperidine rings is 1. The van der Waals surface area contributed by atoms with Crippen molar-refractivity contribution in [2.45, 2.75) is 44.9 Å². The van der Waals surface area contributed by atoms with Crippen LogP contribution in [0.2, 0.25) is 0 Å². The standard InChI is InChI=1S/C20H29NO2/c1-15-11-19(20(22)23)14-21(12-15)13-16-7-9-18(10-8-16)17-5-3-2-4-6-17/h2-6,15-16,18-19H,7-14H2,1H3,(H,22,23). The zero-order chi connectivity index (χ0) is 16.2. The fraction of sp³-hybridized carbons (Fsp3) is 0.650. The predicted octanol–water partition coefficient (Wildman–Crippen LogP) is 4.00. The van der Waals surface area contributed by atoms with E-state index in [0.29, 0.717) is 5.92 Å². The summed E-state index contributed by atoms with van der Waals surface area (Å²) in [5.41, 5.74) is 1.49. The lowest BCUT2D eigenvalue weighted by atomic mass is 9.78. The summed E-state index contributed by atoms with van der Waals surface area (Å²) in [7, 11) is 0. The number of hydrogen-bond donors (Lipinski definition) is 1. The molecule has 2 fully saturated rings. The smallest absolute Gasteiger partial charge is 0.307 e. The Bertz CT molecular complexity index is 508. The molecular formula is C20H29NO2. The van der Waals surface area contributed by atoms with Crippen molar-refractivity contribution in [3.8, 4) is 0 Å². The van der Waals surface area contributed by atoms with Crippen LogP contribution in [0.25, 0.3) is 0 Å². The Hall–Kier alpha value is -1.35. The van der Waals surface area contributed by atoms with Gasteiger partial charge >= 0.3 is 5.97 Å². The lowest BCUT2D eigenvalue weighted by Crippen LogP contribution is -2.44. The van der Waals surface area contributed by atoms with E-state index in [1.807, 2.05) is 0 Å². The van der Waals surface area contributed by atoms with Crippen molar-refractivity contribution >= 4 is 5.97 Å². The largest absolute Gasteiger partial charge is 0.481 e. The van der Waals surface area contributed by atoms with Gasteiger partial charge in [-0.25, -0.2) is 0 Å². The molecule has 2 aliphatic rings. The van der Waals surface area contributed by atoms with Crippen LogP contribution in [0.4, 0.5) is 0 Å². The van der Waals surface area contributed by atoms with Crippen molar-refractivity contribution < 1.29 is 9.90 Å². The number of nitrogens with zero attached hydrogens (tertiary/aromatic N) is 1. The minimum absolute atomic E-state index is 0.167.